The van der Waals surface area contributed by atoms with Gasteiger partial charge in [-0.3, -0.25) is 105 Å². The molecule has 50 nitrogen and oxygen atoms in total. The number of nitrogens with two attached hydrogens (primary N) is 6. The summed E-state index contributed by atoms with van der Waals surface area (Å²) < 4.78 is 0. The number of aliphatic carboxylic acids is 1. The summed E-state index contributed by atoms with van der Waals surface area (Å²) in [4.78, 5) is 293. The first-order chi connectivity index (χ1) is 66.1. The summed E-state index contributed by atoms with van der Waals surface area (Å²) in [7, 11) is 0. The number of hydrogen-bond acceptors (Lipinski definition) is 29. The molecule has 21 amide bonds. The first-order valence-electron chi connectivity index (χ1n) is 48.2. The molecule has 0 aromatic heterocycles. The van der Waals surface area contributed by atoms with Crippen molar-refractivity contribution in [2.45, 2.75) is 343 Å². The Morgan fingerprint density at radius 1 is 0.284 bits per heavy atom. The van der Waals surface area contributed by atoms with Crippen molar-refractivity contribution in [2.75, 3.05) is 64.4 Å². The predicted molar refractivity (Wildman–Crippen MR) is 526 cm³/mol. The molecule has 0 rings (SSSR count). The minimum absolute atomic E-state index is 0.000966. The molecule has 0 fully saturated rings. The highest BCUT2D eigenvalue weighted by molar-refractivity contribution is 7.98. The van der Waals surface area contributed by atoms with Gasteiger partial charge >= 0.3 is 0 Å². The van der Waals surface area contributed by atoms with Gasteiger partial charge in [-0.05, 0) is 213 Å². The molecule has 0 aliphatic carbocycles. The Labute approximate surface area is 831 Å². The SMILES string of the molecule is CC(=O)O.CC[C@H](C)[C@H](NC(=O)[C@H](C)NC(=O)CNC(=O)[C@H](C)NC(=O)[C@H](CCCCN)NC(=O)[C@H](CO)NC(=O)[C@H](C)NC(=O)[C@H](CCSC)NC(=O)CN)C(=O)N[C@@H](C)C(=O)NCC(=O)N[C@@H](CCCCN)C(=O)N[C@H](C(=O)N[C@@H](C)C(=O)N[C@@H](CCCCN)C(=O)N[C@H](C(=O)N[C@@H](C)C(=O)N[C@@H](CC(C)C)C(=O)N[C@@H](CCCCN)C(=O)N[C@@H](C)C(=O)N[C@@H](CC(C)C)C(N)=O)C(C)C)[C@@H](C)CC. The van der Waals surface area contributed by atoms with E-state index in [0.29, 0.717) is 70.0 Å². The van der Waals surface area contributed by atoms with Crippen molar-refractivity contribution in [3.63, 3.8) is 0 Å². The number of hydrogen-bond donors (Lipinski definition) is 28. The normalized spacial score (nSPS) is 15.3. The van der Waals surface area contributed by atoms with Gasteiger partial charge in [0.1, 0.15) is 109 Å². The second kappa shape index (κ2) is 71.8. The third-order valence-electron chi connectivity index (χ3n) is 22.3. The number of rotatable bonds is 70. The summed E-state index contributed by atoms with van der Waals surface area (Å²) >= 11 is 1.41. The Kier molecular flexibility index (Phi) is 67.0. The molecule has 0 aromatic rings. The number of carbonyl (C=O) groups excluding carboxylic acids is 21. The minimum atomic E-state index is -1.63. The number of carboxylic acid groups (broad SMARTS) is 1. The number of aliphatic hydroxyl groups is 1. The molecule has 141 heavy (non-hydrogen) atoms. The van der Waals surface area contributed by atoms with Crippen LogP contribution in [-0.4, -0.2) is 313 Å². The number of thioether (sulfide) groups is 1. The second-order valence-corrected chi connectivity index (χ2v) is 37.2. The first-order valence-corrected chi connectivity index (χ1v) is 49.6. The van der Waals surface area contributed by atoms with E-state index >= 15 is 0 Å². The fraction of sp³-hybridized carbons (Fsp3) is 0.756. The molecule has 0 aliphatic heterocycles. The summed E-state index contributed by atoms with van der Waals surface area (Å²) in [5.41, 5.74) is 33.9. The van der Waals surface area contributed by atoms with Gasteiger partial charge in [-0.2, -0.15) is 11.8 Å². The monoisotopic (exact) mass is 2030 g/mol. The van der Waals surface area contributed by atoms with Crippen LogP contribution in [0, 0.1) is 29.6 Å². The van der Waals surface area contributed by atoms with Crippen LogP contribution in [0.3, 0.4) is 0 Å². The molecule has 20 atom stereocenters. The average molecular weight is 2030 g/mol. The van der Waals surface area contributed by atoms with E-state index in [4.69, 9.17) is 44.3 Å². The van der Waals surface area contributed by atoms with Crippen LogP contribution in [0.4, 0.5) is 0 Å². The zero-order valence-electron chi connectivity index (χ0n) is 85.4. The average Bonchev–Trinajstić information content (AvgIpc) is 0.854. The lowest BCUT2D eigenvalue weighted by atomic mass is 9.97. The van der Waals surface area contributed by atoms with E-state index < -0.39 is 276 Å². The van der Waals surface area contributed by atoms with E-state index in [1.165, 1.54) is 60.2 Å². The van der Waals surface area contributed by atoms with Crippen molar-refractivity contribution < 1.29 is 116 Å². The number of aliphatic hydroxyl groups excluding tert-OH is 1. The Hall–Kier alpha value is -11.5. The van der Waals surface area contributed by atoms with Crippen LogP contribution in [-0.2, 0) is 105 Å². The van der Waals surface area contributed by atoms with Gasteiger partial charge in [-0.25, -0.2) is 0 Å². The Balaban J connectivity index is 0. The van der Waals surface area contributed by atoms with Crippen molar-refractivity contribution in [2.24, 2.45) is 64.0 Å². The molecule has 34 N–H and O–H groups in total. The van der Waals surface area contributed by atoms with Crippen molar-refractivity contribution >= 4 is 142 Å². The molecule has 0 unspecified atom stereocenters. The largest absolute Gasteiger partial charge is 0.481 e. The van der Waals surface area contributed by atoms with Gasteiger partial charge in [-0.15, -0.1) is 0 Å². The lowest BCUT2D eigenvalue weighted by molar-refractivity contribution is -0.136. The summed E-state index contributed by atoms with van der Waals surface area (Å²) in [6.45, 7) is 25.7. The van der Waals surface area contributed by atoms with Gasteiger partial charge < -0.3 is 151 Å². The molecule has 0 saturated heterocycles. The minimum Gasteiger partial charge on any atom is -0.481 e. The zero-order valence-corrected chi connectivity index (χ0v) is 86.2. The van der Waals surface area contributed by atoms with Crippen LogP contribution >= 0.6 is 11.8 Å². The van der Waals surface area contributed by atoms with E-state index in [1.54, 1.807) is 61.6 Å². The van der Waals surface area contributed by atoms with Crippen molar-refractivity contribution in [3.05, 3.63) is 0 Å². The van der Waals surface area contributed by atoms with E-state index in [0.717, 1.165) is 6.92 Å². The maximum absolute atomic E-state index is 14.3. The molecule has 0 spiro atoms. The Morgan fingerprint density at radius 2 is 0.532 bits per heavy atom. The van der Waals surface area contributed by atoms with E-state index in [-0.39, 0.29) is 89.5 Å². The molecule has 51 heteroatoms. The third kappa shape index (κ3) is 54.3. The summed E-state index contributed by atoms with van der Waals surface area (Å²) in [6.07, 6.45) is 6.08. The van der Waals surface area contributed by atoms with Crippen LogP contribution in [0.15, 0.2) is 0 Å². The fourth-order valence-electron chi connectivity index (χ4n) is 13.4. The van der Waals surface area contributed by atoms with Gasteiger partial charge in [0.25, 0.3) is 5.97 Å². The third-order valence-corrected chi connectivity index (χ3v) is 22.9. The number of amides is 21. The number of nitrogens with one attached hydrogen (secondary N) is 20. The molecule has 0 aliphatic rings. The van der Waals surface area contributed by atoms with Crippen LogP contribution in [0.1, 0.15) is 234 Å². The van der Waals surface area contributed by atoms with E-state index in [2.05, 4.69) is 106 Å². The van der Waals surface area contributed by atoms with E-state index in [1.807, 2.05) is 13.8 Å². The zero-order chi connectivity index (χ0) is 108. The molecule has 0 saturated carbocycles. The van der Waals surface area contributed by atoms with Gasteiger partial charge in [-0.1, -0.05) is 82.1 Å². The molecule has 0 bridgehead atoms. The lowest BCUT2D eigenvalue weighted by Crippen LogP contribution is -2.61. The molecular formula is C90H166N26O24S. The van der Waals surface area contributed by atoms with Crippen LogP contribution in [0.5, 0.6) is 0 Å². The van der Waals surface area contributed by atoms with Gasteiger partial charge in [0.2, 0.25) is 124 Å². The first kappa shape index (κ1) is 131. The number of carbonyl (C=O) groups is 22. The highest BCUT2D eigenvalue weighted by atomic mass is 32.2. The highest BCUT2D eigenvalue weighted by Gasteiger charge is 2.39. The molecule has 0 aromatic carbocycles. The van der Waals surface area contributed by atoms with Gasteiger partial charge in [0.15, 0.2) is 0 Å². The van der Waals surface area contributed by atoms with Crippen LogP contribution in [0.2, 0.25) is 0 Å². The highest BCUT2D eigenvalue weighted by Crippen LogP contribution is 2.17. The molecular weight excluding hydrogens is 1860 g/mol. The number of carboxylic acids is 1. The Bertz CT molecular complexity index is 4040. The molecule has 0 heterocycles. The van der Waals surface area contributed by atoms with Crippen molar-refractivity contribution in [3.8, 4) is 0 Å². The summed E-state index contributed by atoms with van der Waals surface area (Å²) in [5, 5.41) is 68.2. The quantitative estimate of drug-likeness (QED) is 0.0252. The topological polar surface area (TPSA) is 813 Å². The fourth-order valence-corrected chi connectivity index (χ4v) is 13.8. The maximum Gasteiger partial charge on any atom is 0.300 e. The van der Waals surface area contributed by atoms with Gasteiger partial charge in [0, 0.05) is 6.92 Å². The lowest BCUT2D eigenvalue weighted by Gasteiger charge is -2.29. The Morgan fingerprint density at radius 3 is 0.858 bits per heavy atom. The van der Waals surface area contributed by atoms with Crippen LogP contribution in [0.25, 0.3) is 0 Å². The molecule has 0 radical (unpaired) electrons. The van der Waals surface area contributed by atoms with Gasteiger partial charge in [0.05, 0.1) is 26.2 Å². The summed E-state index contributed by atoms with van der Waals surface area (Å²) in [5.74, 6) is -19.5. The smallest absolute Gasteiger partial charge is 0.300 e. The van der Waals surface area contributed by atoms with Crippen molar-refractivity contribution in [1.29, 1.82) is 0 Å². The van der Waals surface area contributed by atoms with E-state index in [9.17, 15) is 106 Å². The molecule has 806 valence electrons. The second-order valence-electron chi connectivity index (χ2n) is 36.2. The number of primary amides is 1. The standard InChI is InChI=1S/C88H162N26O22S.C2H4O2/c1-19-48(9)69(113-78(126)52(13)97-66(117)42-95-72(120)50(11)98-79(127)59(31-23-27-36-91)108-85(133)64(44-115)111-77(125)54(15)100-81(129)61(33-38-137-18)104-65(116)41-93)87(135)101-51(12)73(121)96-43-67(118)105-57(29-21-25-34-89)82(130)114-70(49(10)20-2)88(136)103-55(16)74(122)106-60(32-24-28-37-92)83(131)112-68(47(7)8)86(134)102-56(17)76(124)110-63(40-46(5)6)84(132)107-58(30-22-26-35-90)80(128)99-53(14)75(123)109-62(71(94)119)39-45(3)4;1-2(3)4/h45-64,68-70,115H,19-44,89-93H2,1-18H3,(H2,94,119)(H,95,120)(H,96,121)(H,97,117)(H,98,127)(H,99,128)(H,100,129)(H,101,135)(H,102,134)(H,103,136)(H,104,116)(H,105,118)(H,106,122)(H,107,132)(H,108,133)(H,109,123)(H,110,124)(H,111,125)(H,112,131)(H,113,126)(H,114,130);1H3,(H,3,4)/t48-,49-,50-,51-,52-,53-,54-,55-,56-,57-,58-,59-,60-,61-,62-,63-,64-,68-,69-,70-;/m0./s1. The summed E-state index contributed by atoms with van der Waals surface area (Å²) in [6, 6.07) is -23.2. The number of unbranched alkanes of at least 4 members (excludes halogenated alkanes) is 4. The van der Waals surface area contributed by atoms with Crippen molar-refractivity contribution in [1.82, 2.24) is 106 Å². The predicted octanol–water partition coefficient (Wildman–Crippen LogP) is -7.28. The van der Waals surface area contributed by atoms with Crippen LogP contribution < -0.4 is 141 Å². The maximum atomic E-state index is 14.3.